The second-order valence-corrected chi connectivity index (χ2v) is 9.77. The molecule has 0 bridgehead atoms. The lowest BCUT2D eigenvalue weighted by molar-refractivity contribution is -0.131. The van der Waals surface area contributed by atoms with E-state index in [9.17, 15) is 18.0 Å². The van der Waals surface area contributed by atoms with E-state index in [1.807, 2.05) is 0 Å². The van der Waals surface area contributed by atoms with Gasteiger partial charge in [-0.05, 0) is 43.2 Å². The molecule has 1 N–H and O–H groups in total. The maximum absolute atomic E-state index is 12.8. The fraction of sp³-hybridized carbons (Fsp3) is 0.250. The van der Waals surface area contributed by atoms with Crippen LogP contribution >= 0.6 is 11.3 Å². The number of anilines is 1. The zero-order valence-corrected chi connectivity index (χ0v) is 17.8. The van der Waals surface area contributed by atoms with Gasteiger partial charge in [-0.2, -0.15) is 4.31 Å². The van der Waals surface area contributed by atoms with Gasteiger partial charge in [0.05, 0.1) is 20.7 Å². The van der Waals surface area contributed by atoms with Gasteiger partial charge in [0, 0.05) is 20.0 Å². The molecule has 0 unspecified atom stereocenters. The van der Waals surface area contributed by atoms with Crippen molar-refractivity contribution in [3.8, 4) is 5.75 Å². The highest BCUT2D eigenvalue weighted by molar-refractivity contribution is 7.89. The Morgan fingerprint density at radius 1 is 1.13 bits per heavy atom. The number of sulfonamides is 1. The largest absolute Gasteiger partial charge is 0.426 e. The molecule has 1 saturated heterocycles. The molecule has 0 saturated carbocycles. The molecule has 1 amide bonds. The Hall–Kier alpha value is -2.82. The van der Waals surface area contributed by atoms with Crippen LogP contribution in [-0.4, -0.2) is 42.7 Å². The van der Waals surface area contributed by atoms with Crippen LogP contribution in [0.3, 0.4) is 0 Å². The van der Waals surface area contributed by atoms with Crippen molar-refractivity contribution in [3.05, 3.63) is 48.0 Å². The third kappa shape index (κ3) is 4.07. The number of ether oxygens (including phenoxy) is 1. The minimum absolute atomic E-state index is 0.155. The van der Waals surface area contributed by atoms with Gasteiger partial charge in [0.2, 0.25) is 10.0 Å². The summed E-state index contributed by atoms with van der Waals surface area (Å²) >= 11 is 1.18. The summed E-state index contributed by atoms with van der Waals surface area (Å²) in [4.78, 5) is 28.5. The van der Waals surface area contributed by atoms with Gasteiger partial charge >= 0.3 is 5.97 Å². The molecule has 1 aliphatic heterocycles. The number of thiazole rings is 1. The summed E-state index contributed by atoms with van der Waals surface area (Å²) in [6.07, 6.45) is 1.74. The predicted octanol–water partition coefficient (Wildman–Crippen LogP) is 3.26. The van der Waals surface area contributed by atoms with Crippen LogP contribution in [0.25, 0.3) is 10.2 Å². The van der Waals surface area contributed by atoms with Crippen molar-refractivity contribution in [2.75, 3.05) is 18.4 Å². The highest BCUT2D eigenvalue weighted by Crippen LogP contribution is 2.31. The van der Waals surface area contributed by atoms with Crippen molar-refractivity contribution in [1.82, 2.24) is 9.29 Å². The third-order valence-corrected chi connectivity index (χ3v) is 7.50. The van der Waals surface area contributed by atoms with Gasteiger partial charge in [0.15, 0.2) is 5.13 Å². The van der Waals surface area contributed by atoms with Crippen LogP contribution in [0.1, 0.15) is 30.1 Å². The minimum Gasteiger partial charge on any atom is -0.426 e. The van der Waals surface area contributed by atoms with Gasteiger partial charge in [0.25, 0.3) is 5.91 Å². The molecule has 3 aromatic rings. The smallest absolute Gasteiger partial charge is 0.308 e. The molecule has 2 aromatic carbocycles. The lowest BCUT2D eigenvalue weighted by Crippen LogP contribution is -2.27. The average molecular weight is 446 g/mol. The Kier molecular flexibility index (Phi) is 5.54. The molecule has 2 heterocycles. The van der Waals surface area contributed by atoms with Crippen LogP contribution in [-0.2, 0) is 14.8 Å². The number of fused-ring (bicyclic) bond motifs is 1. The van der Waals surface area contributed by atoms with E-state index in [1.54, 1.807) is 30.3 Å². The minimum atomic E-state index is -3.53. The monoisotopic (exact) mass is 445 g/mol. The number of nitrogens with zero attached hydrogens (tertiary/aromatic N) is 2. The number of aromatic nitrogens is 1. The molecule has 30 heavy (non-hydrogen) atoms. The number of amides is 1. The summed E-state index contributed by atoms with van der Waals surface area (Å²) < 4.78 is 32.8. The van der Waals surface area contributed by atoms with Crippen molar-refractivity contribution in [2.24, 2.45) is 0 Å². The van der Waals surface area contributed by atoms with Crippen molar-refractivity contribution >= 4 is 48.6 Å². The zero-order valence-electron chi connectivity index (χ0n) is 16.1. The molecule has 8 nitrogen and oxygen atoms in total. The molecule has 0 spiro atoms. The van der Waals surface area contributed by atoms with Crippen molar-refractivity contribution in [2.45, 2.75) is 24.7 Å². The molecular formula is C20H19N3O5S2. The first-order valence-electron chi connectivity index (χ1n) is 9.34. The normalized spacial score (nSPS) is 14.7. The number of nitrogens with one attached hydrogen (secondary N) is 1. The Morgan fingerprint density at radius 3 is 2.60 bits per heavy atom. The molecule has 0 radical (unpaired) electrons. The van der Waals surface area contributed by atoms with E-state index in [-0.39, 0.29) is 16.2 Å². The molecular weight excluding hydrogens is 426 g/mol. The molecule has 1 aliphatic rings. The number of carbonyl (C=O) groups excluding carboxylic acids is 2. The highest BCUT2D eigenvalue weighted by Gasteiger charge is 2.27. The summed E-state index contributed by atoms with van der Waals surface area (Å²) in [5.41, 5.74) is 0.785. The van der Waals surface area contributed by atoms with Gasteiger partial charge in [0.1, 0.15) is 5.75 Å². The summed E-state index contributed by atoms with van der Waals surface area (Å²) in [6, 6.07) is 11.2. The third-order valence-electron chi connectivity index (χ3n) is 4.67. The maximum Gasteiger partial charge on any atom is 0.308 e. The Bertz CT molecular complexity index is 1230. The standard InChI is InChI=1S/C20H19N3O5S2/c1-13(24)28-17-7-3-2-6-15(17)19(25)22-20-21-16-9-8-14(12-18(16)29-20)30(26,27)23-10-4-5-11-23/h2-3,6-9,12H,4-5,10-11H2,1H3,(H,21,22,25). The number of benzene rings is 2. The quantitative estimate of drug-likeness (QED) is 0.477. The number of hydrogen-bond acceptors (Lipinski definition) is 7. The Labute approximate surface area is 177 Å². The topological polar surface area (TPSA) is 106 Å². The van der Waals surface area contributed by atoms with Gasteiger partial charge in [-0.25, -0.2) is 13.4 Å². The van der Waals surface area contributed by atoms with Crippen LogP contribution < -0.4 is 10.1 Å². The molecule has 0 atom stereocenters. The fourth-order valence-corrected chi connectivity index (χ4v) is 5.78. The van der Waals surface area contributed by atoms with Crippen LogP contribution in [0.2, 0.25) is 0 Å². The lowest BCUT2D eigenvalue weighted by atomic mass is 10.2. The summed E-state index contributed by atoms with van der Waals surface area (Å²) in [5.74, 6) is -0.847. The maximum atomic E-state index is 12.8. The number of rotatable bonds is 5. The Balaban J connectivity index is 1.59. The second-order valence-electron chi connectivity index (χ2n) is 6.80. The van der Waals surface area contributed by atoms with Crippen molar-refractivity contribution in [1.29, 1.82) is 0 Å². The van der Waals surface area contributed by atoms with Gasteiger partial charge in [-0.15, -0.1) is 0 Å². The predicted molar refractivity (Wildman–Crippen MR) is 113 cm³/mol. The van der Waals surface area contributed by atoms with Crippen LogP contribution in [0.4, 0.5) is 5.13 Å². The lowest BCUT2D eigenvalue weighted by Gasteiger charge is -2.15. The summed E-state index contributed by atoms with van der Waals surface area (Å²) in [5, 5.41) is 3.01. The Morgan fingerprint density at radius 2 is 1.87 bits per heavy atom. The van der Waals surface area contributed by atoms with Crippen LogP contribution in [0, 0.1) is 0 Å². The first-order valence-corrected chi connectivity index (χ1v) is 11.6. The number of carbonyl (C=O) groups is 2. The first kappa shape index (κ1) is 20.5. The van der Waals surface area contributed by atoms with Gasteiger partial charge < -0.3 is 4.74 Å². The first-order chi connectivity index (χ1) is 14.3. The van der Waals surface area contributed by atoms with Crippen molar-refractivity contribution in [3.63, 3.8) is 0 Å². The zero-order chi connectivity index (χ0) is 21.3. The highest BCUT2D eigenvalue weighted by atomic mass is 32.2. The number of para-hydroxylation sites is 1. The van der Waals surface area contributed by atoms with E-state index in [1.165, 1.54) is 34.7 Å². The van der Waals surface area contributed by atoms with E-state index < -0.39 is 21.9 Å². The van der Waals surface area contributed by atoms with E-state index in [0.29, 0.717) is 28.4 Å². The van der Waals surface area contributed by atoms with E-state index in [2.05, 4.69) is 10.3 Å². The molecule has 10 heteroatoms. The molecule has 4 rings (SSSR count). The molecule has 1 fully saturated rings. The van der Waals surface area contributed by atoms with E-state index in [0.717, 1.165) is 12.8 Å². The van der Waals surface area contributed by atoms with Gasteiger partial charge in [-0.1, -0.05) is 23.5 Å². The summed E-state index contributed by atoms with van der Waals surface area (Å²) in [6.45, 7) is 2.33. The van der Waals surface area contributed by atoms with Crippen LogP contribution in [0.15, 0.2) is 47.4 Å². The second kappa shape index (κ2) is 8.13. The summed E-state index contributed by atoms with van der Waals surface area (Å²) in [7, 11) is -3.53. The molecule has 156 valence electrons. The van der Waals surface area contributed by atoms with Crippen molar-refractivity contribution < 1.29 is 22.7 Å². The number of hydrogen-bond donors (Lipinski definition) is 1. The van der Waals surface area contributed by atoms with Gasteiger partial charge in [-0.3, -0.25) is 14.9 Å². The SMILES string of the molecule is CC(=O)Oc1ccccc1C(=O)Nc1nc2ccc(S(=O)(=O)N3CCCC3)cc2s1. The van der Waals surface area contributed by atoms with E-state index in [4.69, 9.17) is 4.74 Å². The van der Waals surface area contributed by atoms with Crippen LogP contribution in [0.5, 0.6) is 5.75 Å². The molecule has 1 aromatic heterocycles. The van der Waals surface area contributed by atoms with E-state index >= 15 is 0 Å². The average Bonchev–Trinajstić information content (AvgIpc) is 3.37. The fourth-order valence-electron chi connectivity index (χ4n) is 3.26. The molecule has 0 aliphatic carbocycles. The number of esters is 1.